The number of nitrogens with one attached hydrogen (secondary N) is 1. The van der Waals surface area contributed by atoms with Crippen LogP contribution in [0.15, 0.2) is 51.9 Å². The highest BCUT2D eigenvalue weighted by Crippen LogP contribution is 2.19. The third kappa shape index (κ3) is 3.84. The van der Waals surface area contributed by atoms with E-state index in [-0.39, 0.29) is 12.5 Å². The van der Waals surface area contributed by atoms with Crippen molar-refractivity contribution in [3.05, 3.63) is 53.3 Å². The number of hydrogen-bond donors (Lipinski definition) is 1. The molecule has 0 aliphatic carbocycles. The maximum Gasteiger partial charge on any atom is 0.420 e. The minimum absolute atomic E-state index is 0.0352. The van der Waals surface area contributed by atoms with Gasteiger partial charge in [-0.25, -0.2) is 14.8 Å². The third-order valence-electron chi connectivity index (χ3n) is 4.91. The monoisotopic (exact) mass is 367 g/mol. The second-order valence-electron chi connectivity index (χ2n) is 6.71. The average Bonchev–Trinajstić information content (AvgIpc) is 3.03. The van der Waals surface area contributed by atoms with Gasteiger partial charge in [-0.2, -0.15) is 0 Å². The van der Waals surface area contributed by atoms with Crippen molar-refractivity contribution in [3.63, 3.8) is 0 Å². The van der Waals surface area contributed by atoms with Crippen LogP contribution >= 0.6 is 0 Å². The molecule has 1 aliphatic heterocycles. The van der Waals surface area contributed by atoms with Crippen molar-refractivity contribution in [1.29, 1.82) is 0 Å². The zero-order chi connectivity index (χ0) is 18.6. The van der Waals surface area contributed by atoms with E-state index in [1.165, 1.54) is 4.57 Å². The molecule has 27 heavy (non-hydrogen) atoms. The van der Waals surface area contributed by atoms with Crippen LogP contribution in [0.3, 0.4) is 0 Å². The van der Waals surface area contributed by atoms with Gasteiger partial charge in [0.05, 0.1) is 5.52 Å². The van der Waals surface area contributed by atoms with Crippen molar-refractivity contribution in [2.45, 2.75) is 19.4 Å². The Balaban J connectivity index is 1.29. The predicted molar refractivity (Wildman–Crippen MR) is 100 cm³/mol. The van der Waals surface area contributed by atoms with Crippen LogP contribution < -0.4 is 16.0 Å². The standard InChI is InChI=1S/C19H21N5O3/c25-17(13-24-15-4-1-2-5-16(15)27-19(24)26)22-12-14-6-10-23(11-7-14)18-20-8-3-9-21-18/h1-5,8-9,14H,6-7,10-13H2,(H,22,25). The zero-order valence-electron chi connectivity index (χ0n) is 14.9. The Morgan fingerprint density at radius 1 is 1.15 bits per heavy atom. The SMILES string of the molecule is O=C(Cn1c(=O)oc2ccccc21)NCC1CCN(c2ncccn2)CC1. The summed E-state index contributed by atoms with van der Waals surface area (Å²) in [7, 11) is 0. The summed E-state index contributed by atoms with van der Waals surface area (Å²) in [6.45, 7) is 2.31. The van der Waals surface area contributed by atoms with Crippen molar-refractivity contribution < 1.29 is 9.21 Å². The first-order valence-corrected chi connectivity index (χ1v) is 9.08. The molecule has 1 aliphatic rings. The first-order valence-electron chi connectivity index (χ1n) is 9.08. The number of anilines is 1. The Bertz CT molecular complexity index is 974. The topological polar surface area (TPSA) is 93.3 Å². The Hall–Kier alpha value is -3.16. The first kappa shape index (κ1) is 17.3. The number of nitrogens with zero attached hydrogens (tertiary/aromatic N) is 4. The number of carbonyl (C=O) groups excluding carboxylic acids is 1. The van der Waals surface area contributed by atoms with E-state index in [9.17, 15) is 9.59 Å². The number of piperidine rings is 1. The molecule has 3 aromatic rings. The molecule has 0 bridgehead atoms. The minimum atomic E-state index is -0.512. The van der Waals surface area contributed by atoms with Crippen molar-refractivity contribution in [2.75, 3.05) is 24.5 Å². The van der Waals surface area contributed by atoms with Crippen LogP contribution in [-0.2, 0) is 11.3 Å². The lowest BCUT2D eigenvalue weighted by Crippen LogP contribution is -2.40. The normalized spacial score (nSPS) is 15.2. The van der Waals surface area contributed by atoms with Crippen molar-refractivity contribution >= 4 is 23.0 Å². The molecule has 0 atom stereocenters. The van der Waals surface area contributed by atoms with Gasteiger partial charge >= 0.3 is 5.76 Å². The van der Waals surface area contributed by atoms with E-state index in [1.54, 1.807) is 36.7 Å². The zero-order valence-corrected chi connectivity index (χ0v) is 14.9. The largest absolute Gasteiger partial charge is 0.420 e. The Kier molecular flexibility index (Phi) is 4.86. The average molecular weight is 367 g/mol. The van der Waals surface area contributed by atoms with Crippen LogP contribution in [0.4, 0.5) is 5.95 Å². The van der Waals surface area contributed by atoms with Gasteiger partial charge in [-0.15, -0.1) is 0 Å². The quantitative estimate of drug-likeness (QED) is 0.733. The molecule has 1 fully saturated rings. The maximum absolute atomic E-state index is 12.3. The van der Waals surface area contributed by atoms with Gasteiger partial charge in [0, 0.05) is 32.0 Å². The van der Waals surface area contributed by atoms with Crippen molar-refractivity contribution in [2.24, 2.45) is 5.92 Å². The fourth-order valence-corrected chi connectivity index (χ4v) is 3.41. The van der Waals surface area contributed by atoms with E-state index in [1.807, 2.05) is 6.07 Å². The minimum Gasteiger partial charge on any atom is -0.408 e. The number of aromatic nitrogens is 3. The van der Waals surface area contributed by atoms with Crippen LogP contribution in [0.5, 0.6) is 0 Å². The molecule has 140 valence electrons. The van der Waals surface area contributed by atoms with E-state index < -0.39 is 5.76 Å². The Morgan fingerprint density at radius 3 is 2.67 bits per heavy atom. The molecule has 2 aromatic heterocycles. The van der Waals surface area contributed by atoms with E-state index in [2.05, 4.69) is 20.2 Å². The summed E-state index contributed by atoms with van der Waals surface area (Å²) in [6.07, 6.45) is 5.42. The molecule has 1 aromatic carbocycles. The molecular formula is C19H21N5O3. The van der Waals surface area contributed by atoms with E-state index in [0.29, 0.717) is 23.6 Å². The number of rotatable bonds is 5. The van der Waals surface area contributed by atoms with E-state index in [0.717, 1.165) is 31.9 Å². The number of carbonyl (C=O) groups is 1. The fraction of sp³-hybridized carbons (Fsp3) is 0.368. The second kappa shape index (κ2) is 7.61. The molecule has 3 heterocycles. The van der Waals surface area contributed by atoms with Gasteiger partial charge in [0.15, 0.2) is 5.58 Å². The van der Waals surface area contributed by atoms with Crippen LogP contribution in [-0.4, -0.2) is 40.1 Å². The van der Waals surface area contributed by atoms with Gasteiger partial charge in [0.25, 0.3) is 0 Å². The molecule has 0 radical (unpaired) electrons. The molecule has 4 rings (SSSR count). The summed E-state index contributed by atoms with van der Waals surface area (Å²) in [5.41, 5.74) is 1.12. The second-order valence-corrected chi connectivity index (χ2v) is 6.71. The summed E-state index contributed by atoms with van der Waals surface area (Å²) < 4.78 is 6.52. The summed E-state index contributed by atoms with van der Waals surface area (Å²) >= 11 is 0. The molecule has 0 unspecified atom stereocenters. The smallest absolute Gasteiger partial charge is 0.408 e. The highest BCUT2D eigenvalue weighted by atomic mass is 16.4. The van der Waals surface area contributed by atoms with Crippen LogP contribution in [0.25, 0.3) is 11.1 Å². The Labute approximate surface area is 155 Å². The molecule has 0 spiro atoms. The van der Waals surface area contributed by atoms with Gasteiger partial charge in [-0.3, -0.25) is 9.36 Å². The molecule has 1 amide bonds. The lowest BCUT2D eigenvalue weighted by molar-refractivity contribution is -0.121. The number of benzene rings is 1. The van der Waals surface area contributed by atoms with Crippen molar-refractivity contribution in [3.8, 4) is 0 Å². The van der Waals surface area contributed by atoms with Gasteiger partial charge in [0.2, 0.25) is 11.9 Å². The summed E-state index contributed by atoms with van der Waals surface area (Å²) in [6, 6.07) is 8.91. The third-order valence-corrected chi connectivity index (χ3v) is 4.91. The molecule has 1 saturated heterocycles. The van der Waals surface area contributed by atoms with Gasteiger partial charge in [-0.05, 0) is 37.0 Å². The number of para-hydroxylation sites is 2. The highest BCUT2D eigenvalue weighted by Gasteiger charge is 2.21. The van der Waals surface area contributed by atoms with E-state index >= 15 is 0 Å². The number of amides is 1. The summed E-state index contributed by atoms with van der Waals surface area (Å²) in [4.78, 5) is 35.0. The molecule has 8 nitrogen and oxygen atoms in total. The van der Waals surface area contributed by atoms with Gasteiger partial charge in [-0.1, -0.05) is 12.1 Å². The molecule has 1 N–H and O–H groups in total. The molecule has 0 saturated carbocycles. The lowest BCUT2D eigenvalue weighted by atomic mass is 9.97. The number of oxazole rings is 1. The number of hydrogen-bond acceptors (Lipinski definition) is 6. The summed E-state index contributed by atoms with van der Waals surface area (Å²) in [5.74, 6) is 0.470. The molecular weight excluding hydrogens is 346 g/mol. The number of fused-ring (bicyclic) bond motifs is 1. The van der Waals surface area contributed by atoms with Crippen LogP contribution in [0.1, 0.15) is 12.8 Å². The van der Waals surface area contributed by atoms with Crippen LogP contribution in [0.2, 0.25) is 0 Å². The first-order chi connectivity index (χ1) is 13.2. The lowest BCUT2D eigenvalue weighted by Gasteiger charge is -2.31. The van der Waals surface area contributed by atoms with Gasteiger partial charge < -0.3 is 14.6 Å². The van der Waals surface area contributed by atoms with Crippen molar-refractivity contribution in [1.82, 2.24) is 19.9 Å². The molecule has 8 heteroatoms. The predicted octanol–water partition coefficient (Wildman–Crippen LogP) is 1.42. The van der Waals surface area contributed by atoms with E-state index in [4.69, 9.17) is 4.42 Å². The van der Waals surface area contributed by atoms with Gasteiger partial charge in [0.1, 0.15) is 6.54 Å². The summed E-state index contributed by atoms with van der Waals surface area (Å²) in [5, 5.41) is 2.95. The van der Waals surface area contributed by atoms with Crippen LogP contribution in [0, 0.1) is 5.92 Å². The fourth-order valence-electron chi connectivity index (χ4n) is 3.41. The maximum atomic E-state index is 12.3. The Morgan fingerprint density at radius 2 is 1.89 bits per heavy atom. The highest BCUT2D eigenvalue weighted by molar-refractivity contribution is 5.79.